The summed E-state index contributed by atoms with van der Waals surface area (Å²) in [5.74, 6) is 0. The van der Waals surface area contributed by atoms with Crippen molar-refractivity contribution in [3.05, 3.63) is 17.2 Å². The predicted octanol–water partition coefficient (Wildman–Crippen LogP) is 2.57. The molecule has 0 atom stereocenters. The van der Waals surface area contributed by atoms with Gasteiger partial charge in [0.2, 0.25) is 0 Å². The number of benzene rings is 1. The van der Waals surface area contributed by atoms with E-state index in [1.54, 1.807) is 12.4 Å². The van der Waals surface area contributed by atoms with Gasteiger partial charge in [-0.25, -0.2) is 4.99 Å². The van der Waals surface area contributed by atoms with Crippen LogP contribution in [-0.4, -0.2) is 34.1 Å². The first-order valence-corrected chi connectivity index (χ1v) is 5.40. The van der Waals surface area contributed by atoms with Crippen molar-refractivity contribution in [3.8, 4) is 0 Å². The zero-order valence-electron chi connectivity index (χ0n) is 8.31. The molecule has 4 nitrogen and oxygen atoms in total. The fourth-order valence-electron chi connectivity index (χ4n) is 1.11. The summed E-state index contributed by atoms with van der Waals surface area (Å²) in [6.45, 7) is 0. The quantitative estimate of drug-likeness (QED) is 0.599. The number of hydrogen-bond acceptors (Lipinski definition) is 4. The van der Waals surface area contributed by atoms with Gasteiger partial charge in [0.25, 0.3) is 0 Å². The van der Waals surface area contributed by atoms with E-state index >= 15 is 0 Å². The van der Waals surface area contributed by atoms with Gasteiger partial charge >= 0.3 is 0 Å². The molecular weight excluding hydrogens is 232 g/mol. The summed E-state index contributed by atoms with van der Waals surface area (Å²) in [4.78, 5) is 6.12. The van der Waals surface area contributed by atoms with Crippen molar-refractivity contribution in [2.24, 2.45) is 4.99 Å². The van der Waals surface area contributed by atoms with Crippen LogP contribution in [0.15, 0.2) is 17.1 Å². The van der Waals surface area contributed by atoms with E-state index in [0.717, 1.165) is 22.8 Å². The second kappa shape index (κ2) is 4.12. The molecule has 0 N–H and O–H groups in total. The van der Waals surface area contributed by atoms with Crippen LogP contribution >= 0.6 is 23.3 Å². The maximum absolute atomic E-state index is 6.05. The highest BCUT2D eigenvalue weighted by Crippen LogP contribution is 2.32. The van der Waals surface area contributed by atoms with E-state index < -0.39 is 0 Å². The fourth-order valence-corrected chi connectivity index (χ4v) is 1.85. The summed E-state index contributed by atoms with van der Waals surface area (Å²) < 4.78 is 8.30. The second-order valence-corrected chi connectivity index (χ2v) is 4.17. The molecule has 0 spiro atoms. The molecule has 2 rings (SSSR count). The zero-order chi connectivity index (χ0) is 10.8. The minimum atomic E-state index is 0.591. The van der Waals surface area contributed by atoms with Crippen molar-refractivity contribution >= 4 is 46.4 Å². The highest BCUT2D eigenvalue weighted by atomic mass is 35.5. The van der Waals surface area contributed by atoms with Crippen molar-refractivity contribution in [1.29, 1.82) is 0 Å². The SMILES string of the molecule is CN(C)C=Nc1c(Cl)ccc2nsnc12. The van der Waals surface area contributed by atoms with Gasteiger partial charge in [-0.1, -0.05) is 11.6 Å². The molecule has 2 aromatic rings. The van der Waals surface area contributed by atoms with Crippen LogP contribution in [-0.2, 0) is 0 Å². The van der Waals surface area contributed by atoms with Crippen LogP contribution in [0, 0.1) is 0 Å². The van der Waals surface area contributed by atoms with Crippen LogP contribution in [0.2, 0.25) is 5.02 Å². The van der Waals surface area contributed by atoms with E-state index in [-0.39, 0.29) is 0 Å². The average Bonchev–Trinajstić information content (AvgIpc) is 2.63. The highest BCUT2D eigenvalue weighted by Gasteiger charge is 2.08. The largest absolute Gasteiger partial charge is 0.369 e. The molecule has 0 radical (unpaired) electrons. The summed E-state index contributed by atoms with van der Waals surface area (Å²) in [7, 11) is 3.80. The summed E-state index contributed by atoms with van der Waals surface area (Å²) >= 11 is 7.21. The smallest absolute Gasteiger partial charge is 0.131 e. The molecule has 0 aliphatic carbocycles. The highest BCUT2D eigenvalue weighted by molar-refractivity contribution is 7.00. The molecule has 0 amide bonds. The number of fused-ring (bicyclic) bond motifs is 1. The Morgan fingerprint density at radius 2 is 2.20 bits per heavy atom. The van der Waals surface area contributed by atoms with E-state index in [9.17, 15) is 0 Å². The molecule has 1 aromatic carbocycles. The fraction of sp³-hybridized carbons (Fsp3) is 0.222. The van der Waals surface area contributed by atoms with Gasteiger partial charge in [0.1, 0.15) is 16.7 Å². The zero-order valence-corrected chi connectivity index (χ0v) is 9.88. The summed E-state index contributed by atoms with van der Waals surface area (Å²) in [5, 5.41) is 0.591. The number of aromatic nitrogens is 2. The van der Waals surface area contributed by atoms with Crippen molar-refractivity contribution in [2.75, 3.05) is 14.1 Å². The molecule has 6 heteroatoms. The molecule has 0 fully saturated rings. The van der Waals surface area contributed by atoms with Gasteiger partial charge in [0.05, 0.1) is 23.1 Å². The Labute approximate surface area is 96.5 Å². The Balaban J connectivity index is 2.56. The monoisotopic (exact) mass is 240 g/mol. The number of nitrogens with zero attached hydrogens (tertiary/aromatic N) is 4. The number of aliphatic imine (C=N–C) groups is 1. The first-order chi connectivity index (χ1) is 7.18. The van der Waals surface area contributed by atoms with Gasteiger partial charge in [-0.05, 0) is 12.1 Å². The average molecular weight is 241 g/mol. The first kappa shape index (κ1) is 10.3. The maximum Gasteiger partial charge on any atom is 0.131 e. The molecule has 0 aliphatic heterocycles. The van der Waals surface area contributed by atoms with Crippen molar-refractivity contribution < 1.29 is 0 Å². The Morgan fingerprint density at radius 3 is 2.93 bits per heavy atom. The third kappa shape index (κ3) is 2.08. The van der Waals surface area contributed by atoms with Crippen LogP contribution in [0.1, 0.15) is 0 Å². The lowest BCUT2D eigenvalue weighted by molar-refractivity contribution is 0.643. The molecule has 78 valence electrons. The van der Waals surface area contributed by atoms with Gasteiger partial charge in [0.15, 0.2) is 0 Å². The minimum Gasteiger partial charge on any atom is -0.369 e. The molecule has 1 aromatic heterocycles. The summed E-state index contributed by atoms with van der Waals surface area (Å²) in [5.41, 5.74) is 2.26. The van der Waals surface area contributed by atoms with E-state index in [2.05, 4.69) is 13.7 Å². The van der Waals surface area contributed by atoms with Crippen molar-refractivity contribution in [2.45, 2.75) is 0 Å². The van der Waals surface area contributed by atoms with Gasteiger partial charge in [-0.15, -0.1) is 0 Å². The van der Waals surface area contributed by atoms with Crippen LogP contribution in [0.3, 0.4) is 0 Å². The maximum atomic E-state index is 6.05. The van der Waals surface area contributed by atoms with Crippen LogP contribution in [0.25, 0.3) is 11.0 Å². The molecule has 0 saturated heterocycles. The molecule has 15 heavy (non-hydrogen) atoms. The Bertz CT molecular complexity index is 506. The van der Waals surface area contributed by atoms with Crippen molar-refractivity contribution in [3.63, 3.8) is 0 Å². The summed E-state index contributed by atoms with van der Waals surface area (Å²) in [6, 6.07) is 3.63. The van der Waals surface area contributed by atoms with E-state index in [1.807, 2.05) is 25.1 Å². The topological polar surface area (TPSA) is 41.4 Å². The van der Waals surface area contributed by atoms with E-state index in [4.69, 9.17) is 11.6 Å². The Morgan fingerprint density at radius 1 is 1.40 bits per heavy atom. The van der Waals surface area contributed by atoms with Crippen LogP contribution < -0.4 is 0 Å². The second-order valence-electron chi connectivity index (χ2n) is 3.24. The van der Waals surface area contributed by atoms with Crippen LogP contribution in [0.5, 0.6) is 0 Å². The molecule has 0 unspecified atom stereocenters. The normalized spacial score (nSPS) is 11.4. The lowest BCUT2D eigenvalue weighted by Crippen LogP contribution is -2.07. The van der Waals surface area contributed by atoms with Crippen molar-refractivity contribution in [1.82, 2.24) is 13.6 Å². The standard InChI is InChI=1S/C9H9ClN4S/c1-14(2)5-11-8-6(10)3-4-7-9(8)13-15-12-7/h3-5H,1-2H3. The summed E-state index contributed by atoms with van der Waals surface area (Å²) in [6.07, 6.45) is 1.69. The lowest BCUT2D eigenvalue weighted by atomic mass is 10.3. The van der Waals surface area contributed by atoms with Gasteiger partial charge < -0.3 is 4.90 Å². The molecular formula is C9H9ClN4S. The molecule has 0 aliphatic rings. The Kier molecular flexibility index (Phi) is 2.83. The molecule has 1 heterocycles. The predicted molar refractivity (Wildman–Crippen MR) is 64.3 cm³/mol. The first-order valence-electron chi connectivity index (χ1n) is 4.30. The van der Waals surface area contributed by atoms with Gasteiger partial charge in [-0.2, -0.15) is 8.75 Å². The van der Waals surface area contributed by atoms with Crippen LogP contribution in [0.4, 0.5) is 5.69 Å². The molecule has 0 saturated carbocycles. The Hall–Kier alpha value is -1.20. The van der Waals surface area contributed by atoms with E-state index in [1.165, 1.54) is 0 Å². The van der Waals surface area contributed by atoms with Gasteiger partial charge in [-0.3, -0.25) is 0 Å². The third-order valence-corrected chi connectivity index (χ3v) is 2.62. The number of hydrogen-bond donors (Lipinski definition) is 0. The number of halogens is 1. The number of rotatable bonds is 2. The lowest BCUT2D eigenvalue weighted by Gasteiger charge is -2.03. The minimum absolute atomic E-state index is 0.591. The van der Waals surface area contributed by atoms with Gasteiger partial charge in [0, 0.05) is 14.1 Å². The third-order valence-electron chi connectivity index (χ3n) is 1.77. The molecule has 0 bridgehead atoms. The van der Waals surface area contributed by atoms with E-state index in [0.29, 0.717) is 10.7 Å².